The summed E-state index contributed by atoms with van der Waals surface area (Å²) in [6, 6.07) is 10.4. The first-order valence-electron chi connectivity index (χ1n) is 9.45. The molecule has 0 saturated heterocycles. The highest BCUT2D eigenvalue weighted by molar-refractivity contribution is 9.10. The Balaban J connectivity index is 1.58. The lowest BCUT2D eigenvalue weighted by molar-refractivity contribution is 0.265. The van der Waals surface area contributed by atoms with E-state index < -0.39 is 0 Å². The van der Waals surface area contributed by atoms with Gasteiger partial charge in [0.25, 0.3) is 0 Å². The SMILES string of the molecule is CCOc1cc(CNCCSc2nnnn2C)c(Br)cc1OCc1ccccc1F. The van der Waals surface area contributed by atoms with Crippen molar-refractivity contribution in [2.24, 2.45) is 7.05 Å². The maximum Gasteiger partial charge on any atom is 0.209 e. The van der Waals surface area contributed by atoms with Gasteiger partial charge in [-0.25, -0.2) is 9.07 Å². The maximum atomic E-state index is 13.9. The molecule has 0 atom stereocenters. The van der Waals surface area contributed by atoms with Gasteiger partial charge in [-0.05, 0) is 41.1 Å². The van der Waals surface area contributed by atoms with E-state index in [9.17, 15) is 4.39 Å². The van der Waals surface area contributed by atoms with Crippen molar-refractivity contribution in [1.82, 2.24) is 25.5 Å². The van der Waals surface area contributed by atoms with E-state index in [-0.39, 0.29) is 12.4 Å². The highest BCUT2D eigenvalue weighted by Gasteiger charge is 2.12. The van der Waals surface area contributed by atoms with E-state index in [0.717, 1.165) is 27.5 Å². The predicted octanol–water partition coefficient (Wildman–Crippen LogP) is 3.97. The minimum atomic E-state index is -0.287. The summed E-state index contributed by atoms with van der Waals surface area (Å²) in [4.78, 5) is 0. The van der Waals surface area contributed by atoms with Gasteiger partial charge < -0.3 is 14.8 Å². The fourth-order valence-corrected chi connectivity index (χ4v) is 3.85. The van der Waals surface area contributed by atoms with Crippen LogP contribution in [0.5, 0.6) is 11.5 Å². The summed E-state index contributed by atoms with van der Waals surface area (Å²) in [6.07, 6.45) is 0. The molecule has 30 heavy (non-hydrogen) atoms. The fourth-order valence-electron chi connectivity index (χ4n) is 2.65. The van der Waals surface area contributed by atoms with E-state index in [1.165, 1.54) is 6.07 Å². The molecule has 7 nitrogen and oxygen atoms in total. The summed E-state index contributed by atoms with van der Waals surface area (Å²) in [5.41, 5.74) is 1.54. The van der Waals surface area contributed by atoms with Crippen LogP contribution in [0.3, 0.4) is 0 Å². The number of tetrazole rings is 1. The zero-order valence-electron chi connectivity index (χ0n) is 16.8. The Hall–Kier alpha value is -2.17. The van der Waals surface area contributed by atoms with E-state index >= 15 is 0 Å². The predicted molar refractivity (Wildman–Crippen MR) is 117 cm³/mol. The number of benzene rings is 2. The lowest BCUT2D eigenvalue weighted by atomic mass is 10.2. The smallest absolute Gasteiger partial charge is 0.209 e. The lowest BCUT2D eigenvalue weighted by Crippen LogP contribution is -2.17. The van der Waals surface area contributed by atoms with E-state index in [0.29, 0.717) is 30.2 Å². The van der Waals surface area contributed by atoms with Crippen LogP contribution in [0, 0.1) is 5.82 Å². The highest BCUT2D eigenvalue weighted by atomic mass is 79.9. The van der Waals surface area contributed by atoms with Gasteiger partial charge in [-0.2, -0.15) is 0 Å². The number of nitrogens with zero attached hydrogens (tertiary/aromatic N) is 4. The first-order valence-corrected chi connectivity index (χ1v) is 11.2. The summed E-state index contributed by atoms with van der Waals surface area (Å²) in [7, 11) is 1.82. The molecule has 3 rings (SSSR count). The molecular formula is C20H23BrFN5O2S. The van der Waals surface area contributed by atoms with Crippen LogP contribution in [-0.2, 0) is 20.2 Å². The van der Waals surface area contributed by atoms with Crippen molar-refractivity contribution in [3.63, 3.8) is 0 Å². The second-order valence-corrected chi connectivity index (χ2v) is 8.23. The minimum Gasteiger partial charge on any atom is -0.490 e. The maximum absolute atomic E-state index is 13.9. The van der Waals surface area contributed by atoms with Crippen molar-refractivity contribution in [3.05, 3.63) is 57.8 Å². The molecule has 0 bridgehead atoms. The van der Waals surface area contributed by atoms with Crippen LogP contribution >= 0.6 is 27.7 Å². The van der Waals surface area contributed by atoms with Crippen LogP contribution in [-0.4, -0.2) is 39.1 Å². The Morgan fingerprint density at radius 2 is 1.97 bits per heavy atom. The second-order valence-electron chi connectivity index (χ2n) is 6.31. The number of thioether (sulfide) groups is 1. The number of hydrogen-bond acceptors (Lipinski definition) is 7. The van der Waals surface area contributed by atoms with Gasteiger partial charge in [-0.1, -0.05) is 45.9 Å². The quantitative estimate of drug-likeness (QED) is 0.318. The molecule has 1 aromatic heterocycles. The molecule has 10 heteroatoms. The van der Waals surface area contributed by atoms with Gasteiger partial charge in [-0.3, -0.25) is 0 Å². The number of hydrogen-bond donors (Lipinski definition) is 1. The first kappa shape index (κ1) is 22.5. The van der Waals surface area contributed by atoms with Crippen LogP contribution in [0.4, 0.5) is 4.39 Å². The molecule has 0 saturated carbocycles. The first-order chi connectivity index (χ1) is 14.6. The summed E-state index contributed by atoms with van der Waals surface area (Å²) >= 11 is 5.19. The zero-order chi connectivity index (χ0) is 21.3. The number of aromatic nitrogens is 4. The van der Waals surface area contributed by atoms with Crippen molar-refractivity contribution in [1.29, 1.82) is 0 Å². The van der Waals surface area contributed by atoms with Crippen molar-refractivity contribution >= 4 is 27.7 Å². The Morgan fingerprint density at radius 3 is 2.70 bits per heavy atom. The molecule has 3 aromatic rings. The molecule has 0 spiro atoms. The van der Waals surface area contributed by atoms with Crippen LogP contribution in [0.2, 0.25) is 0 Å². The molecule has 0 aliphatic carbocycles. The average molecular weight is 496 g/mol. The molecule has 0 fully saturated rings. The van der Waals surface area contributed by atoms with Gasteiger partial charge in [-0.15, -0.1) is 5.10 Å². The highest BCUT2D eigenvalue weighted by Crippen LogP contribution is 2.34. The van der Waals surface area contributed by atoms with Crippen molar-refractivity contribution in [2.75, 3.05) is 18.9 Å². The molecule has 2 aromatic carbocycles. The largest absolute Gasteiger partial charge is 0.490 e. The number of nitrogens with one attached hydrogen (secondary N) is 1. The van der Waals surface area contributed by atoms with Gasteiger partial charge >= 0.3 is 0 Å². The Labute approximate surface area is 187 Å². The standard InChI is InChI=1S/C20H23BrFN5O2S/c1-3-28-18-10-15(12-23-8-9-30-20-24-25-26-27(20)2)16(21)11-19(18)29-13-14-6-4-5-7-17(14)22/h4-7,10-11,23H,3,8-9,12-13H2,1-2H3. The van der Waals surface area contributed by atoms with E-state index in [4.69, 9.17) is 9.47 Å². The summed E-state index contributed by atoms with van der Waals surface area (Å²) < 4.78 is 28.0. The number of aryl methyl sites for hydroxylation is 1. The number of halogens is 2. The molecule has 1 heterocycles. The molecular weight excluding hydrogens is 473 g/mol. The van der Waals surface area contributed by atoms with Crippen LogP contribution in [0.1, 0.15) is 18.1 Å². The molecule has 0 aliphatic rings. The van der Waals surface area contributed by atoms with Gasteiger partial charge in [0.15, 0.2) is 11.5 Å². The molecule has 0 aliphatic heterocycles. The summed E-state index contributed by atoms with van der Waals surface area (Å²) in [5.74, 6) is 1.76. The Bertz CT molecular complexity index is 972. The zero-order valence-corrected chi connectivity index (χ0v) is 19.2. The van der Waals surface area contributed by atoms with E-state index in [1.807, 2.05) is 26.1 Å². The van der Waals surface area contributed by atoms with Gasteiger partial charge in [0, 0.05) is 35.9 Å². The summed E-state index contributed by atoms with van der Waals surface area (Å²) in [5, 5.41) is 15.6. The van der Waals surface area contributed by atoms with Gasteiger partial charge in [0.05, 0.1) is 6.61 Å². The number of ether oxygens (including phenoxy) is 2. The van der Waals surface area contributed by atoms with E-state index in [2.05, 4.69) is 36.8 Å². The topological polar surface area (TPSA) is 74.1 Å². The van der Waals surface area contributed by atoms with Crippen LogP contribution in [0.15, 0.2) is 46.0 Å². The average Bonchev–Trinajstić information content (AvgIpc) is 3.14. The second kappa shape index (κ2) is 11.3. The Morgan fingerprint density at radius 1 is 1.17 bits per heavy atom. The van der Waals surface area contributed by atoms with Crippen molar-refractivity contribution in [3.8, 4) is 11.5 Å². The van der Waals surface area contributed by atoms with Gasteiger partial charge in [0.2, 0.25) is 5.16 Å². The summed E-state index contributed by atoms with van der Waals surface area (Å²) in [6.45, 7) is 4.00. The van der Waals surface area contributed by atoms with Crippen molar-refractivity contribution in [2.45, 2.75) is 25.2 Å². The van der Waals surface area contributed by atoms with Gasteiger partial charge in [0.1, 0.15) is 12.4 Å². The van der Waals surface area contributed by atoms with E-state index in [1.54, 1.807) is 34.6 Å². The molecule has 1 N–H and O–H groups in total. The third kappa shape index (κ3) is 6.16. The number of rotatable bonds is 11. The van der Waals surface area contributed by atoms with Crippen molar-refractivity contribution < 1.29 is 13.9 Å². The Kier molecular flexibility index (Phi) is 8.47. The third-order valence-corrected chi connectivity index (χ3v) is 5.91. The lowest BCUT2D eigenvalue weighted by Gasteiger charge is -2.16. The normalized spacial score (nSPS) is 10.9. The fraction of sp³-hybridized carbons (Fsp3) is 0.350. The van der Waals surface area contributed by atoms with Crippen LogP contribution < -0.4 is 14.8 Å². The van der Waals surface area contributed by atoms with Crippen LogP contribution in [0.25, 0.3) is 0 Å². The molecule has 0 radical (unpaired) electrons. The third-order valence-electron chi connectivity index (χ3n) is 4.16. The monoisotopic (exact) mass is 495 g/mol. The molecule has 0 amide bonds. The minimum absolute atomic E-state index is 0.130. The molecule has 160 valence electrons. The molecule has 0 unspecified atom stereocenters.